The van der Waals surface area contributed by atoms with Crippen molar-refractivity contribution in [2.75, 3.05) is 13.2 Å². The van der Waals surface area contributed by atoms with Gasteiger partial charge in [0, 0.05) is 12.1 Å². The number of carboxylic acids is 1. The first-order valence-electron chi connectivity index (χ1n) is 12.0. The number of hydrogen-bond acceptors (Lipinski definition) is 7. The van der Waals surface area contributed by atoms with Gasteiger partial charge in [0.1, 0.15) is 6.61 Å². The largest absolute Gasteiger partial charge is 0.490 e. The van der Waals surface area contributed by atoms with E-state index in [2.05, 4.69) is 11.1 Å². The molecule has 0 bridgehead atoms. The Hall–Kier alpha value is -4.26. The Labute approximate surface area is 235 Å². The average Bonchev–Trinajstić information content (AvgIpc) is 3.21. The third-order valence-corrected chi connectivity index (χ3v) is 6.95. The number of carboxylic acid groups (broad SMARTS) is 1. The molecule has 0 saturated carbocycles. The Kier molecular flexibility index (Phi) is 8.92. The third kappa shape index (κ3) is 6.42. The quantitative estimate of drug-likeness (QED) is 0.296. The number of nitriles is 1. The van der Waals surface area contributed by atoms with E-state index in [0.717, 1.165) is 5.56 Å². The molecule has 1 aliphatic rings. The number of aliphatic imine (C=N–C) groups is 1. The number of rotatable bonds is 9. The van der Waals surface area contributed by atoms with Crippen LogP contribution in [0.15, 0.2) is 70.6 Å². The van der Waals surface area contributed by atoms with Crippen LogP contribution < -0.4 is 9.47 Å². The van der Waals surface area contributed by atoms with Gasteiger partial charge in [-0.1, -0.05) is 35.9 Å². The summed E-state index contributed by atoms with van der Waals surface area (Å²) in [7, 11) is 0. The fourth-order valence-electron chi connectivity index (χ4n) is 3.82. The SMILES string of the molecule is CCOc1cc(/C=C2\SC(=Nc3cccc(C(=O)O)c3)N(CC)C2=O)cc(Cl)c1OCc1ccccc1C#N. The summed E-state index contributed by atoms with van der Waals surface area (Å²) >= 11 is 7.78. The van der Waals surface area contributed by atoms with Crippen molar-refractivity contribution < 1.29 is 24.2 Å². The summed E-state index contributed by atoms with van der Waals surface area (Å²) in [6.45, 7) is 4.57. The maximum absolute atomic E-state index is 13.1. The molecule has 1 aliphatic heterocycles. The first kappa shape index (κ1) is 27.8. The van der Waals surface area contributed by atoms with Crippen LogP contribution >= 0.6 is 23.4 Å². The topological polar surface area (TPSA) is 112 Å². The molecule has 0 radical (unpaired) electrons. The molecule has 8 nitrogen and oxygen atoms in total. The number of hydrogen-bond donors (Lipinski definition) is 1. The number of benzene rings is 3. The van der Waals surface area contributed by atoms with Gasteiger partial charge in [-0.15, -0.1) is 0 Å². The normalized spacial score (nSPS) is 15.0. The first-order valence-corrected chi connectivity index (χ1v) is 13.2. The van der Waals surface area contributed by atoms with Crippen LogP contribution in [0.25, 0.3) is 6.08 Å². The van der Waals surface area contributed by atoms with Crippen molar-refractivity contribution in [3.8, 4) is 17.6 Å². The zero-order valence-corrected chi connectivity index (χ0v) is 22.8. The van der Waals surface area contributed by atoms with Gasteiger partial charge in [-0.3, -0.25) is 9.69 Å². The molecule has 4 rings (SSSR count). The Morgan fingerprint density at radius 3 is 2.67 bits per heavy atom. The van der Waals surface area contributed by atoms with E-state index < -0.39 is 5.97 Å². The fraction of sp³-hybridized carbons (Fsp3) is 0.172. The summed E-state index contributed by atoms with van der Waals surface area (Å²) in [5.41, 5.74) is 2.41. The number of carbonyl (C=O) groups is 2. The number of halogens is 1. The molecule has 1 fully saturated rings. The van der Waals surface area contributed by atoms with Gasteiger partial charge in [0.2, 0.25) is 0 Å². The first-order chi connectivity index (χ1) is 18.8. The van der Waals surface area contributed by atoms with Gasteiger partial charge in [-0.25, -0.2) is 9.79 Å². The molecule has 10 heteroatoms. The lowest BCUT2D eigenvalue weighted by Gasteiger charge is -2.15. The summed E-state index contributed by atoms with van der Waals surface area (Å²) in [5.74, 6) is -0.523. The van der Waals surface area contributed by atoms with E-state index in [9.17, 15) is 20.0 Å². The van der Waals surface area contributed by atoms with Gasteiger partial charge < -0.3 is 14.6 Å². The predicted molar refractivity (Wildman–Crippen MR) is 152 cm³/mol. The van der Waals surface area contributed by atoms with Crippen molar-refractivity contribution in [3.05, 3.63) is 92.8 Å². The van der Waals surface area contributed by atoms with Crippen LogP contribution in [-0.2, 0) is 11.4 Å². The van der Waals surface area contributed by atoms with E-state index in [1.54, 1.807) is 42.5 Å². The van der Waals surface area contributed by atoms with E-state index in [-0.39, 0.29) is 18.1 Å². The number of aromatic carboxylic acids is 1. The van der Waals surface area contributed by atoms with Gasteiger partial charge in [-0.2, -0.15) is 5.26 Å². The molecule has 3 aromatic rings. The van der Waals surface area contributed by atoms with Crippen molar-refractivity contribution >= 4 is 52.2 Å². The Morgan fingerprint density at radius 2 is 1.95 bits per heavy atom. The molecular formula is C29H24ClN3O5S. The van der Waals surface area contributed by atoms with Crippen molar-refractivity contribution in [2.24, 2.45) is 4.99 Å². The van der Waals surface area contributed by atoms with Gasteiger partial charge in [0.25, 0.3) is 5.91 Å². The molecule has 0 aromatic heterocycles. The highest BCUT2D eigenvalue weighted by Gasteiger charge is 2.32. The van der Waals surface area contributed by atoms with Gasteiger partial charge in [0.05, 0.1) is 39.4 Å². The molecule has 0 atom stereocenters. The summed E-state index contributed by atoms with van der Waals surface area (Å²) in [5, 5.41) is 19.4. The van der Waals surface area contributed by atoms with Gasteiger partial charge in [0.15, 0.2) is 16.7 Å². The lowest BCUT2D eigenvalue weighted by atomic mass is 10.1. The smallest absolute Gasteiger partial charge is 0.335 e. The molecule has 0 spiro atoms. The zero-order valence-electron chi connectivity index (χ0n) is 21.2. The highest BCUT2D eigenvalue weighted by molar-refractivity contribution is 8.18. The number of thioether (sulfide) groups is 1. The molecule has 1 heterocycles. The molecule has 1 N–H and O–H groups in total. The monoisotopic (exact) mass is 561 g/mol. The lowest BCUT2D eigenvalue weighted by Crippen LogP contribution is -2.28. The molecule has 198 valence electrons. The minimum atomic E-state index is -1.05. The number of amidine groups is 1. The minimum Gasteiger partial charge on any atom is -0.490 e. The van der Waals surface area contributed by atoms with Crippen molar-refractivity contribution in [1.82, 2.24) is 4.90 Å². The standard InChI is InChI=1S/C29H24ClN3O5S/c1-3-33-27(34)25(39-29(33)32-22-11-7-10-19(15-22)28(35)36)14-18-12-23(30)26(24(13-18)37-4-2)38-17-21-9-6-5-8-20(21)16-31/h5-15H,3-4,17H2,1-2H3,(H,35,36)/b25-14-,32-29?. The van der Waals surface area contributed by atoms with Crippen molar-refractivity contribution in [3.63, 3.8) is 0 Å². The van der Waals surface area contributed by atoms with E-state index in [0.29, 0.717) is 56.6 Å². The van der Waals surface area contributed by atoms with Crippen molar-refractivity contribution in [2.45, 2.75) is 20.5 Å². The molecule has 3 aromatic carbocycles. The maximum atomic E-state index is 13.1. The Bertz CT molecular complexity index is 1530. The van der Waals surface area contributed by atoms with Crippen molar-refractivity contribution in [1.29, 1.82) is 5.26 Å². The maximum Gasteiger partial charge on any atom is 0.335 e. The highest BCUT2D eigenvalue weighted by Crippen LogP contribution is 2.40. The summed E-state index contributed by atoms with van der Waals surface area (Å²) in [6, 6.07) is 18.9. The van der Waals surface area contributed by atoms with E-state index in [1.807, 2.05) is 26.0 Å². The van der Waals surface area contributed by atoms with E-state index >= 15 is 0 Å². The van der Waals surface area contributed by atoms with E-state index in [4.69, 9.17) is 21.1 Å². The second kappa shape index (κ2) is 12.5. The predicted octanol–water partition coefficient (Wildman–Crippen LogP) is 6.51. The number of carbonyl (C=O) groups excluding carboxylic acids is 1. The number of ether oxygens (including phenoxy) is 2. The summed E-state index contributed by atoms with van der Waals surface area (Å²) in [6.07, 6.45) is 1.70. The van der Waals surface area contributed by atoms with Crippen LogP contribution in [0.3, 0.4) is 0 Å². The molecule has 0 unspecified atom stereocenters. The lowest BCUT2D eigenvalue weighted by molar-refractivity contribution is -0.122. The summed E-state index contributed by atoms with van der Waals surface area (Å²) in [4.78, 5) is 30.9. The van der Waals surface area contributed by atoms with Crippen LogP contribution in [0.1, 0.15) is 40.9 Å². The fourth-order valence-corrected chi connectivity index (χ4v) is 5.16. The Morgan fingerprint density at radius 1 is 1.15 bits per heavy atom. The second-order valence-electron chi connectivity index (χ2n) is 8.23. The number of amides is 1. The van der Waals surface area contributed by atoms with Crippen LogP contribution in [-0.4, -0.2) is 40.2 Å². The van der Waals surface area contributed by atoms with Crippen LogP contribution in [0.4, 0.5) is 5.69 Å². The van der Waals surface area contributed by atoms with Crippen LogP contribution in [0.2, 0.25) is 5.02 Å². The molecule has 1 saturated heterocycles. The minimum absolute atomic E-state index is 0.113. The molecule has 1 amide bonds. The highest BCUT2D eigenvalue weighted by atomic mass is 35.5. The average molecular weight is 562 g/mol. The number of nitrogens with zero attached hydrogens (tertiary/aromatic N) is 3. The number of likely N-dealkylation sites (N-methyl/N-ethyl adjacent to an activating group) is 1. The van der Waals surface area contributed by atoms with Crippen LogP contribution in [0, 0.1) is 11.3 Å². The molecule has 0 aliphatic carbocycles. The second-order valence-corrected chi connectivity index (χ2v) is 9.65. The third-order valence-electron chi connectivity index (χ3n) is 5.66. The van der Waals surface area contributed by atoms with Gasteiger partial charge >= 0.3 is 5.97 Å². The Balaban J connectivity index is 1.63. The molecular weight excluding hydrogens is 538 g/mol. The zero-order chi connectivity index (χ0) is 27.9. The molecule has 39 heavy (non-hydrogen) atoms. The summed E-state index contributed by atoms with van der Waals surface area (Å²) < 4.78 is 11.8. The van der Waals surface area contributed by atoms with Crippen LogP contribution in [0.5, 0.6) is 11.5 Å². The van der Waals surface area contributed by atoms with E-state index in [1.165, 1.54) is 28.8 Å². The van der Waals surface area contributed by atoms with Gasteiger partial charge in [-0.05, 0) is 73.6 Å².